The molecule has 0 atom stereocenters. The van der Waals surface area contributed by atoms with Crippen LogP contribution < -0.4 is 5.32 Å². The Labute approximate surface area is 113 Å². The smallest absolute Gasteiger partial charge is 0.232 e. The molecule has 2 aromatic rings. The average molecular weight is 344 g/mol. The molecule has 2 aromatic heterocycles. The fourth-order valence-electron chi connectivity index (χ4n) is 1.25. The number of aromatic amines is 1. The van der Waals surface area contributed by atoms with Crippen LogP contribution in [0.25, 0.3) is 11.0 Å². The van der Waals surface area contributed by atoms with E-state index in [1.807, 2.05) is 26.8 Å². The van der Waals surface area contributed by atoms with E-state index in [0.717, 1.165) is 14.7 Å². The molecule has 90 valence electrons. The summed E-state index contributed by atoms with van der Waals surface area (Å²) in [6, 6.07) is 1.91. The molecule has 0 fully saturated rings. The van der Waals surface area contributed by atoms with Gasteiger partial charge in [0, 0.05) is 11.6 Å². The van der Waals surface area contributed by atoms with Crippen molar-refractivity contribution in [3.05, 3.63) is 16.0 Å². The zero-order valence-electron chi connectivity index (χ0n) is 9.84. The number of carbonyl (C=O) groups excluding carboxylic acids is 1. The molecule has 0 saturated carbocycles. The number of amides is 1. The van der Waals surface area contributed by atoms with Gasteiger partial charge in [0.25, 0.3) is 0 Å². The summed E-state index contributed by atoms with van der Waals surface area (Å²) in [4.78, 5) is 23.3. The molecule has 6 heteroatoms. The number of nitrogens with zero attached hydrogens (tertiary/aromatic N) is 2. The minimum atomic E-state index is -0.459. The number of rotatable bonds is 1. The second-order valence-electron chi connectivity index (χ2n) is 4.78. The van der Waals surface area contributed by atoms with Crippen LogP contribution >= 0.6 is 22.6 Å². The highest BCUT2D eigenvalue weighted by molar-refractivity contribution is 14.1. The number of halogens is 1. The lowest BCUT2D eigenvalue weighted by atomic mass is 9.96. The number of carbonyl (C=O) groups is 1. The molecule has 0 aliphatic rings. The average Bonchev–Trinajstić information content (AvgIpc) is 2.64. The number of fused-ring (bicyclic) bond motifs is 1. The standard InChI is InChI=1S/C11H13IN4O/c1-11(2,3)9(17)16-10-14-7(12)6-4-5-13-8(6)15-10/h4-5H,1-3H3,(H2,13,14,15,16,17). The molecule has 0 unspecified atom stereocenters. The second-order valence-corrected chi connectivity index (χ2v) is 5.80. The first-order valence-corrected chi connectivity index (χ1v) is 6.28. The summed E-state index contributed by atoms with van der Waals surface area (Å²) in [5.74, 6) is 0.239. The van der Waals surface area contributed by atoms with Crippen molar-refractivity contribution in [3.63, 3.8) is 0 Å². The van der Waals surface area contributed by atoms with Crippen molar-refractivity contribution >= 4 is 45.5 Å². The topological polar surface area (TPSA) is 70.7 Å². The summed E-state index contributed by atoms with van der Waals surface area (Å²) >= 11 is 2.13. The van der Waals surface area contributed by atoms with E-state index >= 15 is 0 Å². The zero-order chi connectivity index (χ0) is 12.6. The van der Waals surface area contributed by atoms with Gasteiger partial charge in [-0.3, -0.25) is 10.1 Å². The van der Waals surface area contributed by atoms with Gasteiger partial charge in [0.1, 0.15) is 9.35 Å². The Morgan fingerprint density at radius 1 is 1.41 bits per heavy atom. The number of aromatic nitrogens is 3. The van der Waals surface area contributed by atoms with Crippen molar-refractivity contribution in [2.75, 3.05) is 5.32 Å². The van der Waals surface area contributed by atoms with Gasteiger partial charge in [0.15, 0.2) is 0 Å². The van der Waals surface area contributed by atoms with Gasteiger partial charge in [-0.1, -0.05) is 20.8 Å². The Morgan fingerprint density at radius 2 is 2.12 bits per heavy atom. The third-order valence-corrected chi connectivity index (χ3v) is 3.10. The van der Waals surface area contributed by atoms with Crippen molar-refractivity contribution in [1.29, 1.82) is 0 Å². The fraction of sp³-hybridized carbons (Fsp3) is 0.364. The number of anilines is 1. The minimum Gasteiger partial charge on any atom is -0.346 e. The van der Waals surface area contributed by atoms with E-state index in [1.54, 1.807) is 6.20 Å². The highest BCUT2D eigenvalue weighted by atomic mass is 127. The number of hydrogen-bond acceptors (Lipinski definition) is 3. The van der Waals surface area contributed by atoms with Gasteiger partial charge in [-0.05, 0) is 28.7 Å². The lowest BCUT2D eigenvalue weighted by molar-refractivity contribution is -0.123. The molecule has 2 N–H and O–H groups in total. The SMILES string of the molecule is CC(C)(C)C(=O)Nc1nc(I)c2cc[nH]c2n1. The van der Waals surface area contributed by atoms with E-state index in [0.29, 0.717) is 5.95 Å². The fourth-order valence-corrected chi connectivity index (χ4v) is 1.91. The van der Waals surface area contributed by atoms with E-state index < -0.39 is 5.41 Å². The molecular formula is C11H13IN4O. The molecule has 0 saturated heterocycles. The molecule has 1 amide bonds. The first-order valence-electron chi connectivity index (χ1n) is 5.20. The van der Waals surface area contributed by atoms with Crippen LogP contribution in [-0.4, -0.2) is 20.9 Å². The van der Waals surface area contributed by atoms with E-state index in [9.17, 15) is 4.79 Å². The summed E-state index contributed by atoms with van der Waals surface area (Å²) in [5.41, 5.74) is 0.271. The number of nitrogens with one attached hydrogen (secondary N) is 2. The van der Waals surface area contributed by atoms with Crippen LogP contribution in [0.1, 0.15) is 20.8 Å². The normalized spacial score (nSPS) is 11.8. The summed E-state index contributed by atoms with van der Waals surface area (Å²) in [5, 5.41) is 3.68. The van der Waals surface area contributed by atoms with Gasteiger partial charge >= 0.3 is 0 Å². The maximum atomic E-state index is 11.8. The predicted octanol–water partition coefficient (Wildman–Crippen LogP) is 2.55. The molecule has 5 nitrogen and oxygen atoms in total. The third kappa shape index (κ3) is 2.56. The van der Waals surface area contributed by atoms with Crippen LogP contribution in [0.3, 0.4) is 0 Å². The Morgan fingerprint density at radius 3 is 2.76 bits per heavy atom. The van der Waals surface area contributed by atoms with E-state index in [4.69, 9.17) is 0 Å². The van der Waals surface area contributed by atoms with Gasteiger partial charge in [-0.25, -0.2) is 4.98 Å². The highest BCUT2D eigenvalue weighted by Crippen LogP contribution is 2.20. The molecule has 0 aliphatic heterocycles. The lowest BCUT2D eigenvalue weighted by Crippen LogP contribution is -2.28. The molecule has 17 heavy (non-hydrogen) atoms. The van der Waals surface area contributed by atoms with Gasteiger partial charge < -0.3 is 4.98 Å². The molecule has 0 radical (unpaired) electrons. The van der Waals surface area contributed by atoms with E-state index in [2.05, 4.69) is 42.9 Å². The maximum Gasteiger partial charge on any atom is 0.232 e. The zero-order valence-corrected chi connectivity index (χ0v) is 12.0. The summed E-state index contributed by atoms with van der Waals surface area (Å²) in [6.45, 7) is 5.54. The van der Waals surface area contributed by atoms with Crippen LogP contribution in [0.5, 0.6) is 0 Å². The van der Waals surface area contributed by atoms with E-state index in [1.165, 1.54) is 0 Å². The Kier molecular flexibility index (Phi) is 3.07. The molecule has 0 aliphatic carbocycles. The van der Waals surface area contributed by atoms with Gasteiger partial charge in [0.05, 0.1) is 5.39 Å². The predicted molar refractivity (Wildman–Crippen MR) is 74.7 cm³/mol. The monoisotopic (exact) mass is 344 g/mol. The first-order chi connectivity index (χ1) is 7.88. The largest absolute Gasteiger partial charge is 0.346 e. The summed E-state index contributed by atoms with van der Waals surface area (Å²) in [6.07, 6.45) is 1.80. The van der Waals surface area contributed by atoms with Crippen LogP contribution in [0.15, 0.2) is 12.3 Å². The van der Waals surface area contributed by atoms with Crippen molar-refractivity contribution in [2.45, 2.75) is 20.8 Å². The quantitative estimate of drug-likeness (QED) is 0.617. The second kappa shape index (κ2) is 4.25. The molecular weight excluding hydrogens is 331 g/mol. The summed E-state index contributed by atoms with van der Waals surface area (Å²) in [7, 11) is 0. The first kappa shape index (κ1) is 12.3. The van der Waals surface area contributed by atoms with Crippen molar-refractivity contribution < 1.29 is 4.79 Å². The molecule has 2 rings (SSSR count). The highest BCUT2D eigenvalue weighted by Gasteiger charge is 2.22. The number of H-pyrrole nitrogens is 1. The van der Waals surface area contributed by atoms with Crippen molar-refractivity contribution in [2.24, 2.45) is 5.41 Å². The Balaban J connectivity index is 2.34. The molecule has 2 heterocycles. The van der Waals surface area contributed by atoms with Crippen LogP contribution in [0.4, 0.5) is 5.95 Å². The van der Waals surface area contributed by atoms with Crippen molar-refractivity contribution in [3.8, 4) is 0 Å². The lowest BCUT2D eigenvalue weighted by Gasteiger charge is -2.16. The van der Waals surface area contributed by atoms with Crippen LogP contribution in [0, 0.1) is 9.12 Å². The maximum absolute atomic E-state index is 11.8. The summed E-state index contributed by atoms with van der Waals surface area (Å²) < 4.78 is 0.818. The van der Waals surface area contributed by atoms with Gasteiger partial charge in [-0.2, -0.15) is 4.98 Å². The van der Waals surface area contributed by atoms with Crippen LogP contribution in [0.2, 0.25) is 0 Å². The number of hydrogen-bond donors (Lipinski definition) is 2. The van der Waals surface area contributed by atoms with Gasteiger partial charge in [-0.15, -0.1) is 0 Å². The van der Waals surface area contributed by atoms with Crippen molar-refractivity contribution in [1.82, 2.24) is 15.0 Å². The van der Waals surface area contributed by atoms with Crippen LogP contribution in [-0.2, 0) is 4.79 Å². The van der Waals surface area contributed by atoms with Gasteiger partial charge in [0.2, 0.25) is 11.9 Å². The minimum absolute atomic E-state index is 0.0980. The Hall–Kier alpha value is -1.18. The van der Waals surface area contributed by atoms with E-state index in [-0.39, 0.29) is 5.91 Å². The third-order valence-electron chi connectivity index (χ3n) is 2.28. The Bertz CT molecular complexity index is 570. The molecule has 0 bridgehead atoms. The molecule has 0 aromatic carbocycles. The molecule has 0 spiro atoms.